The first-order valence-corrected chi connectivity index (χ1v) is 7.02. The molecule has 0 heterocycles. The molecule has 20 heavy (non-hydrogen) atoms. The van der Waals surface area contributed by atoms with E-state index in [1.165, 1.54) is 0 Å². The van der Waals surface area contributed by atoms with E-state index in [1.54, 1.807) is 0 Å². The van der Waals surface area contributed by atoms with Crippen LogP contribution in [0.2, 0.25) is 0 Å². The average molecular weight is 275 g/mol. The third-order valence-corrected chi connectivity index (χ3v) is 4.21. The minimum Gasteiger partial charge on any atom is -0.481 e. The van der Waals surface area contributed by atoms with Crippen LogP contribution in [0, 0.1) is 5.92 Å². The molecule has 1 aliphatic rings. The molecule has 1 aliphatic carbocycles. The first-order chi connectivity index (χ1) is 9.43. The zero-order chi connectivity index (χ0) is 14.8. The van der Waals surface area contributed by atoms with Crippen LogP contribution < -0.4 is 5.32 Å². The molecule has 108 valence electrons. The van der Waals surface area contributed by atoms with Crippen molar-refractivity contribution < 1.29 is 14.7 Å². The average Bonchev–Trinajstić information content (AvgIpc) is 2.88. The lowest BCUT2D eigenvalue weighted by Crippen LogP contribution is -2.47. The summed E-state index contributed by atoms with van der Waals surface area (Å²) in [6.07, 6.45) is 2.24. The molecular formula is C16H21NO3. The molecule has 4 heteroatoms. The molecule has 0 radical (unpaired) electrons. The van der Waals surface area contributed by atoms with Gasteiger partial charge in [-0.1, -0.05) is 36.8 Å². The molecule has 1 amide bonds. The summed E-state index contributed by atoms with van der Waals surface area (Å²) >= 11 is 0. The number of hydrogen-bond donors (Lipinski definition) is 2. The first kappa shape index (κ1) is 14.6. The summed E-state index contributed by atoms with van der Waals surface area (Å²) in [7, 11) is 0. The fraction of sp³-hybridized carbons (Fsp3) is 0.500. The third-order valence-electron chi connectivity index (χ3n) is 4.21. The molecule has 0 spiro atoms. The fourth-order valence-electron chi connectivity index (χ4n) is 2.76. The van der Waals surface area contributed by atoms with E-state index < -0.39 is 17.3 Å². The highest BCUT2D eigenvalue weighted by molar-refractivity contribution is 5.88. The summed E-state index contributed by atoms with van der Waals surface area (Å²) in [5, 5.41) is 12.1. The van der Waals surface area contributed by atoms with Crippen molar-refractivity contribution in [2.24, 2.45) is 5.92 Å². The number of amides is 1. The number of nitrogens with one attached hydrogen (secondary N) is 1. The van der Waals surface area contributed by atoms with Crippen molar-refractivity contribution in [3.8, 4) is 0 Å². The monoisotopic (exact) mass is 275 g/mol. The molecule has 1 aromatic rings. The molecule has 1 saturated carbocycles. The summed E-state index contributed by atoms with van der Waals surface area (Å²) < 4.78 is 0. The van der Waals surface area contributed by atoms with Gasteiger partial charge in [0.15, 0.2) is 0 Å². The van der Waals surface area contributed by atoms with Gasteiger partial charge in [-0.25, -0.2) is 0 Å². The lowest BCUT2D eigenvalue weighted by molar-refractivity contribution is -0.142. The largest absolute Gasteiger partial charge is 0.481 e. The van der Waals surface area contributed by atoms with Gasteiger partial charge in [0, 0.05) is 6.04 Å². The van der Waals surface area contributed by atoms with Crippen molar-refractivity contribution in [3.63, 3.8) is 0 Å². The van der Waals surface area contributed by atoms with E-state index in [9.17, 15) is 9.59 Å². The Kier molecular flexibility index (Phi) is 4.12. The summed E-state index contributed by atoms with van der Waals surface area (Å²) in [5.74, 6) is -1.38. The normalized spacial score (nSPS) is 22.5. The Labute approximate surface area is 119 Å². The fourth-order valence-corrected chi connectivity index (χ4v) is 2.76. The molecule has 2 unspecified atom stereocenters. The lowest BCUT2D eigenvalue weighted by Gasteiger charge is -2.27. The summed E-state index contributed by atoms with van der Waals surface area (Å²) in [6, 6.07) is 9.31. The van der Waals surface area contributed by atoms with Crippen LogP contribution in [0.5, 0.6) is 0 Å². The van der Waals surface area contributed by atoms with E-state index in [0.717, 1.165) is 18.4 Å². The van der Waals surface area contributed by atoms with Gasteiger partial charge in [-0.05, 0) is 32.3 Å². The maximum Gasteiger partial charge on any atom is 0.308 e. The number of aliphatic carboxylic acids is 1. The molecule has 2 atom stereocenters. The molecule has 0 aromatic heterocycles. The van der Waals surface area contributed by atoms with Crippen LogP contribution in [0.1, 0.15) is 38.7 Å². The number of carboxylic acids is 1. The van der Waals surface area contributed by atoms with Gasteiger partial charge in [0.05, 0.1) is 11.3 Å². The lowest BCUT2D eigenvalue weighted by atomic mass is 9.83. The van der Waals surface area contributed by atoms with E-state index in [1.807, 2.05) is 44.2 Å². The molecule has 2 N–H and O–H groups in total. The Morgan fingerprint density at radius 2 is 1.85 bits per heavy atom. The Bertz CT molecular complexity index is 496. The quantitative estimate of drug-likeness (QED) is 0.886. The highest BCUT2D eigenvalue weighted by atomic mass is 16.4. The van der Waals surface area contributed by atoms with Gasteiger partial charge < -0.3 is 10.4 Å². The van der Waals surface area contributed by atoms with Crippen molar-refractivity contribution in [2.45, 2.75) is 44.6 Å². The zero-order valence-corrected chi connectivity index (χ0v) is 11.9. The van der Waals surface area contributed by atoms with Crippen molar-refractivity contribution in [1.29, 1.82) is 0 Å². The predicted octanol–water partition coefficient (Wildman–Crippen LogP) is 2.33. The first-order valence-electron chi connectivity index (χ1n) is 7.02. The van der Waals surface area contributed by atoms with Crippen LogP contribution in [0.3, 0.4) is 0 Å². The summed E-state index contributed by atoms with van der Waals surface area (Å²) in [6.45, 7) is 3.73. The standard InChI is InChI=1S/C16H21NO3/c1-16(2,11-7-4-3-5-8-11)15(20)17-13-10-6-9-12(13)14(18)19/h3-5,7-8,12-13H,6,9-10H2,1-2H3,(H,17,20)(H,18,19). The minimum absolute atomic E-state index is 0.109. The molecule has 2 rings (SSSR count). The van der Waals surface area contributed by atoms with E-state index in [0.29, 0.717) is 6.42 Å². The Morgan fingerprint density at radius 1 is 1.20 bits per heavy atom. The highest BCUT2D eigenvalue weighted by Crippen LogP contribution is 2.28. The van der Waals surface area contributed by atoms with E-state index >= 15 is 0 Å². The van der Waals surface area contributed by atoms with Crippen molar-refractivity contribution in [3.05, 3.63) is 35.9 Å². The molecule has 4 nitrogen and oxygen atoms in total. The van der Waals surface area contributed by atoms with Crippen LogP contribution in [-0.4, -0.2) is 23.0 Å². The van der Waals surface area contributed by atoms with Gasteiger partial charge in [-0.2, -0.15) is 0 Å². The van der Waals surface area contributed by atoms with Crippen molar-refractivity contribution in [1.82, 2.24) is 5.32 Å². The highest BCUT2D eigenvalue weighted by Gasteiger charge is 2.37. The number of carbonyl (C=O) groups excluding carboxylic acids is 1. The molecule has 0 saturated heterocycles. The molecule has 0 aliphatic heterocycles. The maximum atomic E-state index is 12.5. The maximum absolute atomic E-state index is 12.5. The number of carboxylic acid groups (broad SMARTS) is 1. The van der Waals surface area contributed by atoms with Crippen molar-refractivity contribution in [2.75, 3.05) is 0 Å². The second kappa shape index (κ2) is 5.65. The summed E-state index contributed by atoms with van der Waals surface area (Å²) in [5.41, 5.74) is 0.273. The summed E-state index contributed by atoms with van der Waals surface area (Å²) in [4.78, 5) is 23.6. The SMILES string of the molecule is CC(C)(C(=O)NC1CCCC1C(=O)O)c1ccccc1. The molecule has 0 bridgehead atoms. The Hall–Kier alpha value is -1.84. The number of benzene rings is 1. The van der Waals surface area contributed by atoms with Gasteiger partial charge in [-0.15, -0.1) is 0 Å². The topological polar surface area (TPSA) is 66.4 Å². The smallest absolute Gasteiger partial charge is 0.308 e. The van der Waals surface area contributed by atoms with Crippen LogP contribution in [0.4, 0.5) is 0 Å². The second-order valence-corrected chi connectivity index (χ2v) is 5.95. The van der Waals surface area contributed by atoms with Crippen molar-refractivity contribution >= 4 is 11.9 Å². The predicted molar refractivity (Wildman–Crippen MR) is 76.4 cm³/mol. The minimum atomic E-state index is -0.815. The van der Waals surface area contributed by atoms with Crippen LogP contribution >= 0.6 is 0 Å². The molecular weight excluding hydrogens is 254 g/mol. The van der Waals surface area contributed by atoms with E-state index in [4.69, 9.17) is 5.11 Å². The van der Waals surface area contributed by atoms with Crippen LogP contribution in [-0.2, 0) is 15.0 Å². The molecule has 1 fully saturated rings. The Balaban J connectivity index is 2.10. The van der Waals surface area contributed by atoms with Gasteiger partial charge >= 0.3 is 5.97 Å². The van der Waals surface area contributed by atoms with E-state index in [-0.39, 0.29) is 11.9 Å². The van der Waals surface area contributed by atoms with E-state index in [2.05, 4.69) is 5.32 Å². The molecule has 1 aromatic carbocycles. The Morgan fingerprint density at radius 3 is 2.45 bits per heavy atom. The van der Waals surface area contributed by atoms with Crippen LogP contribution in [0.25, 0.3) is 0 Å². The van der Waals surface area contributed by atoms with Gasteiger partial charge in [-0.3, -0.25) is 9.59 Å². The van der Waals surface area contributed by atoms with Gasteiger partial charge in [0.1, 0.15) is 0 Å². The second-order valence-electron chi connectivity index (χ2n) is 5.95. The van der Waals surface area contributed by atoms with Gasteiger partial charge in [0.25, 0.3) is 0 Å². The van der Waals surface area contributed by atoms with Gasteiger partial charge in [0.2, 0.25) is 5.91 Å². The number of rotatable bonds is 4. The number of hydrogen-bond acceptors (Lipinski definition) is 2. The zero-order valence-electron chi connectivity index (χ0n) is 11.9. The number of carbonyl (C=O) groups is 2. The van der Waals surface area contributed by atoms with Crippen LogP contribution in [0.15, 0.2) is 30.3 Å². The third kappa shape index (κ3) is 2.84.